The first-order valence-corrected chi connectivity index (χ1v) is 12.4. The number of ether oxygens (including phenoxy) is 1. The van der Waals surface area contributed by atoms with Gasteiger partial charge in [-0.2, -0.15) is 0 Å². The number of benzene rings is 2. The predicted molar refractivity (Wildman–Crippen MR) is 138 cm³/mol. The molecule has 32 heavy (non-hydrogen) atoms. The summed E-state index contributed by atoms with van der Waals surface area (Å²) in [6, 6.07) is 14.2. The molecule has 0 bridgehead atoms. The quantitative estimate of drug-likeness (QED) is 0.280. The molecule has 0 aromatic heterocycles. The Morgan fingerprint density at radius 3 is 2.53 bits per heavy atom. The molecule has 0 saturated carbocycles. The smallest absolute Gasteiger partial charge is 0.195 e. The van der Waals surface area contributed by atoms with Crippen molar-refractivity contribution in [2.45, 2.75) is 32.8 Å². The van der Waals surface area contributed by atoms with Crippen molar-refractivity contribution in [2.24, 2.45) is 10.9 Å². The topological polar surface area (TPSA) is 79.8 Å². The number of hydrogen-bond donors (Lipinski definition) is 2. The zero-order chi connectivity index (χ0) is 22.3. The minimum Gasteiger partial charge on any atom is -0.491 e. The fraction of sp³-hybridized carbons (Fsp3) is 0.435. The Balaban J connectivity index is 0.00000363. The van der Waals surface area contributed by atoms with Crippen molar-refractivity contribution >= 4 is 45.5 Å². The molecule has 0 amide bonds. The predicted octanol–water partition coefficient (Wildman–Crippen LogP) is 4.27. The van der Waals surface area contributed by atoms with E-state index in [0.717, 1.165) is 11.4 Å². The van der Waals surface area contributed by atoms with Gasteiger partial charge in [0.15, 0.2) is 15.8 Å². The molecule has 1 saturated heterocycles. The van der Waals surface area contributed by atoms with Crippen LogP contribution in [-0.4, -0.2) is 45.1 Å². The van der Waals surface area contributed by atoms with Crippen LogP contribution in [0.25, 0.3) is 0 Å². The number of anilines is 1. The third-order valence-electron chi connectivity index (χ3n) is 4.97. The zero-order valence-electron chi connectivity index (χ0n) is 18.4. The van der Waals surface area contributed by atoms with Gasteiger partial charge in [-0.05, 0) is 68.5 Å². The monoisotopic (exact) mass is 575 g/mol. The van der Waals surface area contributed by atoms with E-state index in [2.05, 4.69) is 15.6 Å². The second-order valence-electron chi connectivity index (χ2n) is 8.04. The summed E-state index contributed by atoms with van der Waals surface area (Å²) >= 11 is 0. The van der Waals surface area contributed by atoms with Gasteiger partial charge in [0.1, 0.15) is 11.6 Å². The number of halogens is 2. The van der Waals surface area contributed by atoms with Crippen molar-refractivity contribution < 1.29 is 17.5 Å². The van der Waals surface area contributed by atoms with Crippen LogP contribution in [-0.2, 0) is 16.3 Å². The number of sulfone groups is 1. The standard InChI is InChI=1S/C23H30FN3O3S.HI/c1-17(2)30-21-9-7-20(8-10-21)27-23(26-15-18-12-14-31(28,29)16-18)25-13-11-19-5-3-4-6-22(19)24;/h3-10,17-18H,11-16H2,1-2H3,(H2,25,26,27);1H. The lowest BCUT2D eigenvalue weighted by molar-refractivity contribution is 0.242. The van der Waals surface area contributed by atoms with Crippen LogP contribution in [0.1, 0.15) is 25.8 Å². The molecule has 9 heteroatoms. The van der Waals surface area contributed by atoms with Gasteiger partial charge in [0, 0.05) is 18.8 Å². The average molecular weight is 575 g/mol. The van der Waals surface area contributed by atoms with E-state index >= 15 is 0 Å². The fourth-order valence-corrected chi connectivity index (χ4v) is 5.27. The molecule has 0 spiro atoms. The van der Waals surface area contributed by atoms with Gasteiger partial charge in [-0.1, -0.05) is 18.2 Å². The number of guanidine groups is 1. The lowest BCUT2D eigenvalue weighted by atomic mass is 10.1. The highest BCUT2D eigenvalue weighted by Crippen LogP contribution is 2.19. The van der Waals surface area contributed by atoms with Crippen molar-refractivity contribution in [1.29, 1.82) is 0 Å². The van der Waals surface area contributed by atoms with E-state index in [0.29, 0.717) is 37.5 Å². The largest absolute Gasteiger partial charge is 0.491 e. The number of hydrogen-bond acceptors (Lipinski definition) is 4. The maximum Gasteiger partial charge on any atom is 0.195 e. The molecule has 1 aliphatic rings. The first-order chi connectivity index (χ1) is 14.8. The number of rotatable bonds is 8. The van der Waals surface area contributed by atoms with Crippen LogP contribution in [0.15, 0.2) is 53.5 Å². The molecule has 1 heterocycles. The Bertz CT molecular complexity index is 998. The van der Waals surface area contributed by atoms with Gasteiger partial charge in [-0.15, -0.1) is 24.0 Å². The average Bonchev–Trinajstić information content (AvgIpc) is 3.07. The van der Waals surface area contributed by atoms with E-state index < -0.39 is 9.84 Å². The Morgan fingerprint density at radius 2 is 1.91 bits per heavy atom. The molecule has 2 aromatic carbocycles. The maximum absolute atomic E-state index is 13.9. The zero-order valence-corrected chi connectivity index (χ0v) is 21.5. The third kappa shape index (κ3) is 8.57. The lowest BCUT2D eigenvalue weighted by Gasteiger charge is -2.15. The van der Waals surface area contributed by atoms with Gasteiger partial charge in [0.2, 0.25) is 0 Å². The molecule has 2 N–H and O–H groups in total. The third-order valence-corrected chi connectivity index (χ3v) is 6.80. The van der Waals surface area contributed by atoms with Gasteiger partial charge >= 0.3 is 0 Å². The first-order valence-electron chi connectivity index (χ1n) is 10.6. The minimum atomic E-state index is -2.94. The Labute approximate surface area is 207 Å². The van der Waals surface area contributed by atoms with Crippen LogP contribution in [0, 0.1) is 11.7 Å². The molecule has 176 valence electrons. The van der Waals surface area contributed by atoms with Gasteiger partial charge < -0.3 is 15.4 Å². The molecule has 2 aromatic rings. The molecule has 1 unspecified atom stereocenters. The van der Waals surface area contributed by atoms with E-state index in [9.17, 15) is 12.8 Å². The minimum absolute atomic E-state index is 0. The summed E-state index contributed by atoms with van der Waals surface area (Å²) in [5.41, 5.74) is 1.46. The molecular weight excluding hydrogens is 544 g/mol. The number of aliphatic imine (C=N–C) groups is 1. The SMILES string of the molecule is CC(C)Oc1ccc(NC(=NCC2CCS(=O)(=O)C2)NCCc2ccccc2F)cc1.I. The van der Waals surface area contributed by atoms with Gasteiger partial charge in [0.25, 0.3) is 0 Å². The summed E-state index contributed by atoms with van der Waals surface area (Å²) in [6.07, 6.45) is 1.24. The summed E-state index contributed by atoms with van der Waals surface area (Å²) < 4.78 is 43.0. The van der Waals surface area contributed by atoms with Crippen LogP contribution >= 0.6 is 24.0 Å². The first kappa shape index (κ1) is 26.4. The van der Waals surface area contributed by atoms with Gasteiger partial charge in [-0.3, -0.25) is 4.99 Å². The number of nitrogens with one attached hydrogen (secondary N) is 2. The van der Waals surface area contributed by atoms with Crippen molar-refractivity contribution in [3.8, 4) is 5.75 Å². The number of nitrogens with zero attached hydrogens (tertiary/aromatic N) is 1. The Hall–Kier alpha value is -1.88. The van der Waals surface area contributed by atoms with Crippen LogP contribution in [0.3, 0.4) is 0 Å². The molecule has 1 atom stereocenters. The molecular formula is C23H31FIN3O3S. The summed E-state index contributed by atoms with van der Waals surface area (Å²) in [6.45, 7) is 4.85. The highest BCUT2D eigenvalue weighted by atomic mass is 127. The van der Waals surface area contributed by atoms with Crippen molar-refractivity contribution in [2.75, 3.05) is 29.9 Å². The van der Waals surface area contributed by atoms with Crippen LogP contribution < -0.4 is 15.4 Å². The van der Waals surface area contributed by atoms with E-state index in [-0.39, 0.29) is 53.3 Å². The normalized spacial score (nSPS) is 17.6. The second-order valence-corrected chi connectivity index (χ2v) is 10.3. The Morgan fingerprint density at radius 1 is 1.19 bits per heavy atom. The highest BCUT2D eigenvalue weighted by Gasteiger charge is 2.27. The molecule has 3 rings (SSSR count). The Kier molecular flexibility index (Phi) is 10.2. The summed E-state index contributed by atoms with van der Waals surface area (Å²) in [5, 5.41) is 6.47. The van der Waals surface area contributed by atoms with E-state index in [1.54, 1.807) is 12.1 Å². The van der Waals surface area contributed by atoms with Gasteiger partial charge in [-0.25, -0.2) is 12.8 Å². The van der Waals surface area contributed by atoms with Gasteiger partial charge in [0.05, 0.1) is 17.6 Å². The summed E-state index contributed by atoms with van der Waals surface area (Å²) in [5.74, 6) is 1.53. The van der Waals surface area contributed by atoms with Crippen molar-refractivity contribution in [3.63, 3.8) is 0 Å². The van der Waals surface area contributed by atoms with E-state index in [1.165, 1.54) is 6.07 Å². The van der Waals surface area contributed by atoms with E-state index in [1.807, 2.05) is 44.2 Å². The molecule has 0 radical (unpaired) electrons. The van der Waals surface area contributed by atoms with Crippen molar-refractivity contribution in [3.05, 3.63) is 59.9 Å². The van der Waals surface area contributed by atoms with E-state index in [4.69, 9.17) is 4.74 Å². The summed E-state index contributed by atoms with van der Waals surface area (Å²) in [4.78, 5) is 4.60. The lowest BCUT2D eigenvalue weighted by Crippen LogP contribution is -2.33. The van der Waals surface area contributed by atoms with Crippen LogP contribution in [0.2, 0.25) is 0 Å². The molecule has 1 aliphatic heterocycles. The molecule has 1 fully saturated rings. The maximum atomic E-state index is 13.9. The molecule has 6 nitrogen and oxygen atoms in total. The van der Waals surface area contributed by atoms with Crippen molar-refractivity contribution in [1.82, 2.24) is 5.32 Å². The second kappa shape index (κ2) is 12.4. The highest BCUT2D eigenvalue weighted by molar-refractivity contribution is 14.0. The fourth-order valence-electron chi connectivity index (χ4n) is 3.42. The van der Waals surface area contributed by atoms with Crippen LogP contribution in [0.4, 0.5) is 10.1 Å². The summed E-state index contributed by atoms with van der Waals surface area (Å²) in [7, 11) is -2.94. The molecule has 0 aliphatic carbocycles. The van der Waals surface area contributed by atoms with Crippen LogP contribution in [0.5, 0.6) is 5.75 Å².